The van der Waals surface area contributed by atoms with Crippen LogP contribution in [0.2, 0.25) is 0 Å². The summed E-state index contributed by atoms with van der Waals surface area (Å²) in [4.78, 5) is 28.9. The second kappa shape index (κ2) is 9.94. The van der Waals surface area contributed by atoms with Gasteiger partial charge in [-0.15, -0.1) is 0 Å². The van der Waals surface area contributed by atoms with E-state index in [-0.39, 0.29) is 24.7 Å². The predicted octanol–water partition coefficient (Wildman–Crippen LogP) is 2.09. The molecule has 0 atom stereocenters. The minimum absolute atomic E-state index is 0.109. The number of aromatic nitrogens is 4. The van der Waals surface area contributed by atoms with Crippen LogP contribution in [0.4, 0.5) is 5.69 Å². The van der Waals surface area contributed by atoms with E-state index >= 15 is 0 Å². The maximum Gasteiger partial charge on any atom is 0.275 e. The molecule has 3 aromatic rings. The first kappa shape index (κ1) is 23.9. The van der Waals surface area contributed by atoms with Gasteiger partial charge in [-0.1, -0.05) is 36.4 Å². The molecule has 2 aliphatic carbocycles. The highest BCUT2D eigenvalue weighted by atomic mass is 32.2. The maximum atomic E-state index is 12.5. The largest absolute Gasteiger partial charge is 0.350 e. The maximum absolute atomic E-state index is 12.5. The number of para-hydroxylation sites is 1. The van der Waals surface area contributed by atoms with E-state index in [2.05, 4.69) is 44.4 Å². The van der Waals surface area contributed by atoms with E-state index in [1.165, 1.54) is 28.1 Å². The van der Waals surface area contributed by atoms with Gasteiger partial charge in [0.05, 0.1) is 11.9 Å². The van der Waals surface area contributed by atoms with Crippen molar-refractivity contribution in [3.05, 3.63) is 94.9 Å². The van der Waals surface area contributed by atoms with Crippen molar-refractivity contribution in [1.82, 2.24) is 24.6 Å². The number of hydrogen-bond acceptors (Lipinski definition) is 6. The fourth-order valence-electron chi connectivity index (χ4n) is 3.43. The van der Waals surface area contributed by atoms with Gasteiger partial charge in [0.2, 0.25) is 15.9 Å². The second-order valence-electron chi connectivity index (χ2n) is 7.98. The molecule has 0 saturated carbocycles. The molecule has 1 aromatic carbocycles. The lowest BCUT2D eigenvalue weighted by atomic mass is 10.2. The molecular weight excluding hydrogens is 468 g/mol. The molecule has 5 rings (SSSR count). The molecule has 1 amide bonds. The first-order chi connectivity index (χ1) is 16.7. The molecule has 11 heteroatoms. The second-order valence-corrected chi connectivity index (χ2v) is 9.73. The molecule has 0 bridgehead atoms. The number of fused-ring (bicyclic) bond motifs is 1. The van der Waals surface area contributed by atoms with E-state index < -0.39 is 15.6 Å². The minimum Gasteiger partial charge on any atom is -0.350 e. The van der Waals surface area contributed by atoms with E-state index in [1.807, 2.05) is 24.3 Å². The Bertz CT molecular complexity index is 1510. The summed E-state index contributed by atoms with van der Waals surface area (Å²) < 4.78 is 27.8. The normalized spacial score (nSPS) is 11.3. The SMILES string of the molecule is Cc1ccc(NS(C)(=O)=O)c(=O)n1CC(=O)NCc1ccccc1-n1cncn1.c1cc2cc-2c1. The third kappa shape index (κ3) is 6.21. The molecule has 0 spiro atoms. The first-order valence-electron chi connectivity index (χ1n) is 10.7. The summed E-state index contributed by atoms with van der Waals surface area (Å²) in [5.41, 5.74) is 4.29. The summed E-state index contributed by atoms with van der Waals surface area (Å²) in [5.74, 6) is -0.389. The standard InChI is InChI=1S/C18H20N6O4S.C6H4/c1-13-7-8-15(22-29(2,27)28)18(26)23(13)10-17(25)20-9-14-5-3-4-6-16(14)24-12-19-11-21-24;1-2-5-4-6(5)3-1/h3-8,11-12,22H,9-10H2,1-2H3,(H,20,25);1-4H. The summed E-state index contributed by atoms with van der Waals surface area (Å²) in [5, 5.41) is 6.87. The molecule has 2 aromatic heterocycles. The fourth-order valence-corrected chi connectivity index (χ4v) is 3.98. The number of sulfonamides is 1. The zero-order chi connectivity index (χ0) is 25.0. The van der Waals surface area contributed by atoms with Crippen LogP contribution in [0.3, 0.4) is 0 Å². The highest BCUT2D eigenvalue weighted by Gasteiger charge is 2.13. The van der Waals surface area contributed by atoms with Crippen molar-refractivity contribution < 1.29 is 13.2 Å². The van der Waals surface area contributed by atoms with Crippen molar-refractivity contribution in [2.75, 3.05) is 11.0 Å². The van der Waals surface area contributed by atoms with Crippen LogP contribution in [0.15, 0.2) is 78.1 Å². The van der Waals surface area contributed by atoms with Gasteiger partial charge in [-0.05, 0) is 47.9 Å². The molecule has 0 radical (unpaired) electrons. The van der Waals surface area contributed by atoms with Gasteiger partial charge < -0.3 is 9.88 Å². The minimum atomic E-state index is -3.61. The average molecular weight is 493 g/mol. The monoisotopic (exact) mass is 492 g/mol. The zero-order valence-corrected chi connectivity index (χ0v) is 20.0. The smallest absolute Gasteiger partial charge is 0.275 e. The van der Waals surface area contributed by atoms with Crippen molar-refractivity contribution >= 4 is 21.6 Å². The number of aryl methyl sites for hydroxylation is 1. The van der Waals surface area contributed by atoms with Crippen molar-refractivity contribution in [3.8, 4) is 16.8 Å². The van der Waals surface area contributed by atoms with Gasteiger partial charge in [0.15, 0.2) is 0 Å². The van der Waals surface area contributed by atoms with E-state index in [1.54, 1.807) is 24.0 Å². The summed E-state index contributed by atoms with van der Waals surface area (Å²) >= 11 is 0. The highest BCUT2D eigenvalue weighted by molar-refractivity contribution is 7.92. The summed E-state index contributed by atoms with van der Waals surface area (Å²) in [6.45, 7) is 1.65. The lowest BCUT2D eigenvalue weighted by molar-refractivity contribution is -0.121. The molecule has 0 saturated heterocycles. The average Bonchev–Trinajstić information content (AvgIpc) is 3.18. The first-order valence-corrected chi connectivity index (χ1v) is 12.6. The third-order valence-corrected chi connectivity index (χ3v) is 5.83. The van der Waals surface area contributed by atoms with E-state index in [4.69, 9.17) is 0 Å². The van der Waals surface area contributed by atoms with Crippen LogP contribution in [0, 0.1) is 6.92 Å². The number of carbonyl (C=O) groups is 1. The number of nitrogens with one attached hydrogen (secondary N) is 2. The Balaban J connectivity index is 0.000000411. The number of amides is 1. The number of carbonyl (C=O) groups excluding carboxylic acids is 1. The molecule has 2 aliphatic rings. The number of benzene rings is 2. The molecule has 2 N–H and O–H groups in total. The Morgan fingerprint density at radius 3 is 2.37 bits per heavy atom. The molecule has 10 nitrogen and oxygen atoms in total. The lowest BCUT2D eigenvalue weighted by Crippen LogP contribution is -2.34. The van der Waals surface area contributed by atoms with Gasteiger partial charge in [0.25, 0.3) is 5.56 Å². The van der Waals surface area contributed by atoms with Crippen molar-refractivity contribution in [1.29, 1.82) is 0 Å². The van der Waals surface area contributed by atoms with Gasteiger partial charge in [0, 0.05) is 12.2 Å². The van der Waals surface area contributed by atoms with Gasteiger partial charge >= 0.3 is 0 Å². The van der Waals surface area contributed by atoms with Gasteiger partial charge in [-0.25, -0.2) is 18.1 Å². The van der Waals surface area contributed by atoms with Gasteiger partial charge in [-0.3, -0.25) is 14.3 Å². The van der Waals surface area contributed by atoms with E-state index in [9.17, 15) is 18.0 Å². The molecule has 0 unspecified atom stereocenters. The Morgan fingerprint density at radius 2 is 1.77 bits per heavy atom. The van der Waals surface area contributed by atoms with Crippen molar-refractivity contribution in [3.63, 3.8) is 0 Å². The molecule has 2 heterocycles. The van der Waals surface area contributed by atoms with E-state index in [0.29, 0.717) is 5.69 Å². The van der Waals surface area contributed by atoms with Gasteiger partial charge in [0.1, 0.15) is 24.9 Å². The van der Waals surface area contributed by atoms with Crippen LogP contribution in [0.25, 0.3) is 16.8 Å². The quantitative estimate of drug-likeness (QED) is 0.358. The third-order valence-electron chi connectivity index (χ3n) is 5.24. The molecule has 35 heavy (non-hydrogen) atoms. The van der Waals surface area contributed by atoms with Crippen LogP contribution in [0.5, 0.6) is 0 Å². The molecule has 0 aliphatic heterocycles. The van der Waals surface area contributed by atoms with Crippen molar-refractivity contribution in [2.24, 2.45) is 0 Å². The van der Waals surface area contributed by atoms with Crippen LogP contribution in [0.1, 0.15) is 11.3 Å². The van der Waals surface area contributed by atoms with Crippen LogP contribution >= 0.6 is 0 Å². The Kier molecular flexibility index (Phi) is 6.78. The molecule has 0 fully saturated rings. The number of nitrogens with zero attached hydrogens (tertiary/aromatic N) is 4. The van der Waals surface area contributed by atoms with Crippen LogP contribution in [-0.2, 0) is 27.9 Å². The zero-order valence-electron chi connectivity index (χ0n) is 19.2. The summed E-state index contributed by atoms with van der Waals surface area (Å²) in [6.07, 6.45) is 3.93. The molecular formula is C24H24N6O4S. The fraction of sp³-hybridized carbons (Fsp3) is 0.167. The van der Waals surface area contributed by atoms with Crippen molar-refractivity contribution in [2.45, 2.75) is 20.0 Å². The van der Waals surface area contributed by atoms with Crippen LogP contribution < -0.4 is 15.6 Å². The highest BCUT2D eigenvalue weighted by Crippen LogP contribution is 2.32. The molecule has 180 valence electrons. The topological polar surface area (TPSA) is 128 Å². The van der Waals surface area contributed by atoms with Gasteiger partial charge in [-0.2, -0.15) is 5.10 Å². The number of rotatable bonds is 7. The summed E-state index contributed by atoms with van der Waals surface area (Å²) in [6, 6.07) is 18.8. The Hall–Kier alpha value is -4.25. The Morgan fingerprint density at radius 1 is 1.03 bits per heavy atom. The lowest BCUT2D eigenvalue weighted by Gasteiger charge is -2.14. The summed E-state index contributed by atoms with van der Waals surface area (Å²) in [7, 11) is -3.61. The van der Waals surface area contributed by atoms with Crippen LogP contribution in [-0.4, -0.2) is 39.9 Å². The number of anilines is 1. The number of pyridine rings is 1. The Labute approximate surface area is 202 Å². The van der Waals surface area contributed by atoms with E-state index in [0.717, 1.165) is 17.5 Å². The predicted molar refractivity (Wildman–Crippen MR) is 133 cm³/mol. The number of hydrogen-bond donors (Lipinski definition) is 2.